The molecule has 0 radical (unpaired) electrons. The summed E-state index contributed by atoms with van der Waals surface area (Å²) in [6.45, 7) is 3.40. The van der Waals surface area contributed by atoms with E-state index in [-0.39, 0.29) is 17.9 Å². The van der Waals surface area contributed by atoms with Crippen molar-refractivity contribution in [3.8, 4) is 11.1 Å². The van der Waals surface area contributed by atoms with E-state index in [9.17, 15) is 4.79 Å². The average molecular weight is 366 g/mol. The lowest BCUT2D eigenvalue weighted by atomic mass is 9.95. The van der Waals surface area contributed by atoms with Gasteiger partial charge in [-0.2, -0.15) is 0 Å². The first kappa shape index (κ1) is 19.1. The number of benzene rings is 2. The fourth-order valence-electron chi connectivity index (χ4n) is 3.14. The molecule has 27 heavy (non-hydrogen) atoms. The smallest absolute Gasteiger partial charge is 0.310 e. The van der Waals surface area contributed by atoms with E-state index in [0.29, 0.717) is 19.8 Å². The Bertz CT molecular complexity index is 736. The highest BCUT2D eigenvalue weighted by atomic mass is 16.6. The lowest BCUT2D eigenvalue weighted by Crippen LogP contribution is -2.44. The molecule has 1 fully saturated rings. The van der Waals surface area contributed by atoms with Gasteiger partial charge in [-0.3, -0.25) is 4.79 Å². The minimum atomic E-state index is -0.110. The summed E-state index contributed by atoms with van der Waals surface area (Å²) in [7, 11) is 0. The standard InChI is InChI=1S/C22H26N2O3/c1-2-26-22(25)20-12-13-21(23-15-20)16-27-24-14-17-8-10-19(11-9-17)18-6-4-3-5-7-18/h3-11,14,20-21,23H,2,12-13,15-16H2,1H3/b24-14+/t20-,21-/m1/s1. The number of nitrogens with one attached hydrogen (secondary N) is 1. The third kappa shape index (κ3) is 5.66. The minimum absolute atomic E-state index is 0.0483. The first-order chi connectivity index (χ1) is 13.3. The van der Waals surface area contributed by atoms with E-state index >= 15 is 0 Å². The molecule has 0 aliphatic carbocycles. The SMILES string of the molecule is CCOC(=O)[C@@H]1CC[C@H](CO/N=C/c2ccc(-c3ccccc3)cc2)NC1. The molecule has 142 valence electrons. The Morgan fingerprint density at radius 3 is 2.52 bits per heavy atom. The maximum atomic E-state index is 11.7. The lowest BCUT2D eigenvalue weighted by Gasteiger charge is -2.27. The van der Waals surface area contributed by atoms with E-state index in [1.807, 2.05) is 37.3 Å². The Kier molecular flexibility index (Phi) is 6.99. The zero-order valence-electron chi connectivity index (χ0n) is 15.6. The first-order valence-electron chi connectivity index (χ1n) is 9.47. The quantitative estimate of drug-likeness (QED) is 0.462. The topological polar surface area (TPSA) is 59.9 Å². The van der Waals surface area contributed by atoms with Crippen LogP contribution in [0.15, 0.2) is 59.8 Å². The van der Waals surface area contributed by atoms with Crippen molar-refractivity contribution < 1.29 is 14.4 Å². The lowest BCUT2D eigenvalue weighted by molar-refractivity contribution is -0.148. The van der Waals surface area contributed by atoms with Crippen LogP contribution in [0.3, 0.4) is 0 Å². The largest absolute Gasteiger partial charge is 0.466 e. The van der Waals surface area contributed by atoms with Crippen LogP contribution in [0.5, 0.6) is 0 Å². The minimum Gasteiger partial charge on any atom is -0.466 e. The van der Waals surface area contributed by atoms with Crippen LogP contribution in [0.4, 0.5) is 0 Å². The van der Waals surface area contributed by atoms with E-state index in [4.69, 9.17) is 9.57 Å². The van der Waals surface area contributed by atoms with Gasteiger partial charge in [-0.15, -0.1) is 0 Å². The fourth-order valence-corrected chi connectivity index (χ4v) is 3.14. The Balaban J connectivity index is 1.41. The summed E-state index contributed by atoms with van der Waals surface area (Å²) in [6.07, 6.45) is 3.42. The summed E-state index contributed by atoms with van der Waals surface area (Å²) in [4.78, 5) is 17.1. The van der Waals surface area contributed by atoms with Crippen LogP contribution in [0.2, 0.25) is 0 Å². The Morgan fingerprint density at radius 2 is 1.85 bits per heavy atom. The van der Waals surface area contributed by atoms with Gasteiger partial charge in [0.25, 0.3) is 0 Å². The van der Waals surface area contributed by atoms with E-state index in [2.05, 4.69) is 34.7 Å². The fraction of sp³-hybridized carbons (Fsp3) is 0.364. The van der Waals surface area contributed by atoms with Crippen molar-refractivity contribution in [2.45, 2.75) is 25.8 Å². The Hall–Kier alpha value is -2.66. The number of esters is 1. The van der Waals surface area contributed by atoms with Crippen molar-refractivity contribution in [1.29, 1.82) is 0 Å². The van der Waals surface area contributed by atoms with Crippen molar-refractivity contribution in [2.24, 2.45) is 11.1 Å². The van der Waals surface area contributed by atoms with Crippen molar-refractivity contribution >= 4 is 12.2 Å². The summed E-state index contributed by atoms with van der Waals surface area (Å²) in [6, 6.07) is 18.7. The maximum Gasteiger partial charge on any atom is 0.310 e. The van der Waals surface area contributed by atoms with Crippen LogP contribution in [0, 0.1) is 5.92 Å². The molecule has 1 heterocycles. The van der Waals surface area contributed by atoms with Gasteiger partial charge in [-0.25, -0.2) is 0 Å². The average Bonchev–Trinajstić information content (AvgIpc) is 2.73. The molecule has 0 bridgehead atoms. The highest BCUT2D eigenvalue weighted by Crippen LogP contribution is 2.19. The number of oxime groups is 1. The van der Waals surface area contributed by atoms with Gasteiger partial charge in [-0.1, -0.05) is 59.8 Å². The normalized spacial score (nSPS) is 19.7. The van der Waals surface area contributed by atoms with E-state index in [0.717, 1.165) is 18.4 Å². The van der Waals surface area contributed by atoms with Crippen LogP contribution >= 0.6 is 0 Å². The zero-order chi connectivity index (χ0) is 18.9. The van der Waals surface area contributed by atoms with Crippen molar-refractivity contribution in [2.75, 3.05) is 19.8 Å². The van der Waals surface area contributed by atoms with Crippen LogP contribution in [-0.4, -0.2) is 38.0 Å². The van der Waals surface area contributed by atoms with Gasteiger partial charge in [0.15, 0.2) is 0 Å². The van der Waals surface area contributed by atoms with Crippen LogP contribution in [0.1, 0.15) is 25.3 Å². The molecule has 0 spiro atoms. The summed E-state index contributed by atoms with van der Waals surface area (Å²) in [5, 5.41) is 7.40. The summed E-state index contributed by atoms with van der Waals surface area (Å²) < 4.78 is 5.07. The van der Waals surface area contributed by atoms with Gasteiger partial charge < -0.3 is 14.9 Å². The molecule has 2 atom stereocenters. The second kappa shape index (κ2) is 9.88. The highest BCUT2D eigenvalue weighted by Gasteiger charge is 2.26. The maximum absolute atomic E-state index is 11.7. The first-order valence-corrected chi connectivity index (χ1v) is 9.47. The second-order valence-corrected chi connectivity index (χ2v) is 6.65. The third-order valence-corrected chi connectivity index (χ3v) is 4.71. The highest BCUT2D eigenvalue weighted by molar-refractivity contribution is 5.80. The number of piperidine rings is 1. The Morgan fingerprint density at radius 1 is 1.11 bits per heavy atom. The van der Waals surface area contributed by atoms with Gasteiger partial charge >= 0.3 is 5.97 Å². The molecule has 2 aromatic carbocycles. The molecule has 1 aliphatic rings. The molecular formula is C22H26N2O3. The molecule has 0 amide bonds. The molecule has 1 saturated heterocycles. The van der Waals surface area contributed by atoms with E-state index < -0.39 is 0 Å². The van der Waals surface area contributed by atoms with E-state index in [1.165, 1.54) is 11.1 Å². The van der Waals surface area contributed by atoms with Gasteiger partial charge in [0, 0.05) is 12.6 Å². The van der Waals surface area contributed by atoms with E-state index in [1.54, 1.807) is 6.21 Å². The second-order valence-electron chi connectivity index (χ2n) is 6.65. The Labute approximate surface area is 160 Å². The van der Waals surface area contributed by atoms with Crippen molar-refractivity contribution in [3.05, 3.63) is 60.2 Å². The molecule has 1 aliphatic heterocycles. The van der Waals surface area contributed by atoms with Gasteiger partial charge in [0.2, 0.25) is 0 Å². The molecule has 0 aromatic heterocycles. The van der Waals surface area contributed by atoms with Crippen molar-refractivity contribution in [3.63, 3.8) is 0 Å². The van der Waals surface area contributed by atoms with Crippen LogP contribution in [0.25, 0.3) is 11.1 Å². The molecule has 0 saturated carbocycles. The van der Waals surface area contributed by atoms with Gasteiger partial charge in [0.05, 0.1) is 18.7 Å². The van der Waals surface area contributed by atoms with Gasteiger partial charge in [-0.05, 0) is 36.5 Å². The summed E-state index contributed by atoms with van der Waals surface area (Å²) >= 11 is 0. The number of rotatable bonds is 7. The molecule has 3 rings (SSSR count). The summed E-state index contributed by atoms with van der Waals surface area (Å²) in [5.41, 5.74) is 3.37. The molecule has 1 N–H and O–H groups in total. The number of hydrogen-bond acceptors (Lipinski definition) is 5. The number of hydrogen-bond donors (Lipinski definition) is 1. The van der Waals surface area contributed by atoms with Gasteiger partial charge in [0.1, 0.15) is 6.61 Å². The number of carbonyl (C=O) groups is 1. The van der Waals surface area contributed by atoms with Crippen LogP contribution < -0.4 is 5.32 Å². The monoisotopic (exact) mass is 366 g/mol. The molecule has 5 nitrogen and oxygen atoms in total. The molecule has 2 aromatic rings. The van der Waals surface area contributed by atoms with Crippen LogP contribution in [-0.2, 0) is 14.4 Å². The molecule has 5 heteroatoms. The molecular weight excluding hydrogens is 340 g/mol. The van der Waals surface area contributed by atoms with Crippen molar-refractivity contribution in [1.82, 2.24) is 5.32 Å². The predicted octanol–water partition coefficient (Wildman–Crippen LogP) is 3.64. The number of ether oxygens (including phenoxy) is 1. The predicted molar refractivity (Wildman–Crippen MR) is 107 cm³/mol. The third-order valence-electron chi connectivity index (χ3n) is 4.71. The zero-order valence-corrected chi connectivity index (χ0v) is 15.6. The number of carbonyl (C=O) groups excluding carboxylic acids is 1. The molecule has 0 unspecified atom stereocenters. The summed E-state index contributed by atoms with van der Waals surface area (Å²) in [5.74, 6) is -0.158. The number of nitrogens with zero attached hydrogens (tertiary/aromatic N) is 1.